The summed E-state index contributed by atoms with van der Waals surface area (Å²) >= 11 is 0. The number of ether oxygens (including phenoxy) is 2. The second-order valence-corrected chi connectivity index (χ2v) is 2.86. The first-order valence-electron chi connectivity index (χ1n) is 3.26. The highest BCUT2D eigenvalue weighted by atomic mass is 16.7. The summed E-state index contributed by atoms with van der Waals surface area (Å²) in [5.41, 5.74) is 0. The van der Waals surface area contributed by atoms with Gasteiger partial charge < -0.3 is 9.47 Å². The first kappa shape index (κ1) is 3.85. The lowest BCUT2D eigenvalue weighted by molar-refractivity contribution is 0.290. The molecule has 1 aliphatic carbocycles. The molecule has 4 atom stereocenters. The summed E-state index contributed by atoms with van der Waals surface area (Å²) in [4.78, 5) is 0. The van der Waals surface area contributed by atoms with Gasteiger partial charge in [-0.2, -0.15) is 0 Å². The molecular formula is C6H8O2. The number of fused-ring (bicyclic) bond motifs is 3. The van der Waals surface area contributed by atoms with Crippen LogP contribution in [0, 0.1) is 0 Å². The lowest BCUT2D eigenvalue weighted by Crippen LogP contribution is -2.11. The molecule has 1 saturated carbocycles. The van der Waals surface area contributed by atoms with Gasteiger partial charge in [-0.1, -0.05) is 0 Å². The van der Waals surface area contributed by atoms with E-state index in [-0.39, 0.29) is 0 Å². The maximum Gasteiger partial charge on any atom is 0.113 e. The Bertz CT molecular complexity index is 118. The van der Waals surface area contributed by atoms with Crippen LogP contribution in [0.15, 0.2) is 0 Å². The van der Waals surface area contributed by atoms with Crippen molar-refractivity contribution < 1.29 is 9.47 Å². The highest BCUT2D eigenvalue weighted by Crippen LogP contribution is 2.47. The van der Waals surface area contributed by atoms with E-state index in [9.17, 15) is 0 Å². The van der Waals surface area contributed by atoms with E-state index in [1.54, 1.807) is 0 Å². The molecule has 2 aliphatic heterocycles. The second kappa shape index (κ2) is 0.957. The molecular weight excluding hydrogens is 104 g/mol. The number of rotatable bonds is 0. The minimum atomic E-state index is 0.522. The molecule has 3 rings (SSSR count). The minimum absolute atomic E-state index is 0.522. The highest BCUT2D eigenvalue weighted by molar-refractivity contribution is 5.07. The van der Waals surface area contributed by atoms with Gasteiger partial charge in [0.15, 0.2) is 0 Å². The summed E-state index contributed by atoms with van der Waals surface area (Å²) in [7, 11) is 0. The van der Waals surface area contributed by atoms with E-state index in [2.05, 4.69) is 0 Å². The van der Waals surface area contributed by atoms with Crippen LogP contribution in [0.25, 0.3) is 0 Å². The largest absolute Gasteiger partial charge is 0.367 e. The maximum absolute atomic E-state index is 5.31. The van der Waals surface area contributed by atoms with E-state index in [0.29, 0.717) is 24.4 Å². The predicted octanol–water partition coefficient (Wildman–Crippen LogP) is 0.315. The van der Waals surface area contributed by atoms with E-state index in [1.165, 1.54) is 12.8 Å². The van der Waals surface area contributed by atoms with E-state index >= 15 is 0 Å². The first-order chi connectivity index (χ1) is 3.95. The molecule has 3 fully saturated rings. The number of hydrogen-bond acceptors (Lipinski definition) is 2. The summed E-state index contributed by atoms with van der Waals surface area (Å²) in [5, 5.41) is 0. The summed E-state index contributed by atoms with van der Waals surface area (Å²) in [6.07, 6.45) is 4.72. The van der Waals surface area contributed by atoms with Gasteiger partial charge in [-0.3, -0.25) is 0 Å². The fourth-order valence-corrected chi connectivity index (χ4v) is 1.68. The van der Waals surface area contributed by atoms with Crippen LogP contribution in [0.3, 0.4) is 0 Å². The molecule has 2 heteroatoms. The van der Waals surface area contributed by atoms with Crippen molar-refractivity contribution in [2.45, 2.75) is 37.3 Å². The Hall–Kier alpha value is -0.0800. The fourth-order valence-electron chi connectivity index (χ4n) is 1.68. The molecule has 2 nitrogen and oxygen atoms in total. The van der Waals surface area contributed by atoms with Crippen molar-refractivity contribution in [2.24, 2.45) is 0 Å². The Labute approximate surface area is 47.8 Å². The fraction of sp³-hybridized carbons (Fsp3) is 1.00. The van der Waals surface area contributed by atoms with Crippen LogP contribution in [0.4, 0.5) is 0 Å². The van der Waals surface area contributed by atoms with Crippen LogP contribution in [0.2, 0.25) is 0 Å². The summed E-state index contributed by atoms with van der Waals surface area (Å²) in [6, 6.07) is 0. The SMILES string of the molecule is C1C[C@@H]2O[C@H]2[C@H]2O[C@@H]12. The molecule has 0 bridgehead atoms. The smallest absolute Gasteiger partial charge is 0.113 e. The van der Waals surface area contributed by atoms with Crippen LogP contribution in [-0.2, 0) is 9.47 Å². The Morgan fingerprint density at radius 1 is 0.875 bits per heavy atom. The molecule has 3 aliphatic rings. The zero-order valence-corrected chi connectivity index (χ0v) is 4.54. The average Bonchev–Trinajstić information content (AvgIpc) is 2.59. The lowest BCUT2D eigenvalue weighted by Gasteiger charge is -1.94. The predicted molar refractivity (Wildman–Crippen MR) is 26.6 cm³/mol. The van der Waals surface area contributed by atoms with Crippen LogP contribution in [-0.4, -0.2) is 24.4 Å². The Kier molecular flexibility index (Phi) is 0.461. The van der Waals surface area contributed by atoms with Crippen molar-refractivity contribution in [1.82, 2.24) is 0 Å². The molecule has 0 N–H and O–H groups in total. The van der Waals surface area contributed by atoms with Crippen molar-refractivity contribution in [3.8, 4) is 0 Å². The summed E-state index contributed by atoms with van der Waals surface area (Å²) in [6.45, 7) is 0. The third-order valence-corrected chi connectivity index (χ3v) is 2.30. The Morgan fingerprint density at radius 3 is 1.88 bits per heavy atom. The molecule has 0 aromatic carbocycles. The monoisotopic (exact) mass is 112 g/mol. The van der Waals surface area contributed by atoms with Crippen LogP contribution in [0.1, 0.15) is 12.8 Å². The van der Waals surface area contributed by atoms with E-state index < -0.39 is 0 Å². The van der Waals surface area contributed by atoms with Gasteiger partial charge in [-0.25, -0.2) is 0 Å². The topological polar surface area (TPSA) is 25.1 Å². The number of epoxide rings is 2. The van der Waals surface area contributed by atoms with Gasteiger partial charge in [0, 0.05) is 0 Å². The minimum Gasteiger partial charge on any atom is -0.367 e. The van der Waals surface area contributed by atoms with Gasteiger partial charge in [0.05, 0.1) is 12.2 Å². The van der Waals surface area contributed by atoms with Crippen LogP contribution >= 0.6 is 0 Å². The average molecular weight is 112 g/mol. The second-order valence-electron chi connectivity index (χ2n) is 2.86. The third kappa shape index (κ3) is 0.327. The van der Waals surface area contributed by atoms with Crippen molar-refractivity contribution >= 4 is 0 Å². The first-order valence-corrected chi connectivity index (χ1v) is 3.26. The molecule has 44 valence electrons. The van der Waals surface area contributed by atoms with E-state index in [0.717, 1.165) is 0 Å². The zero-order chi connectivity index (χ0) is 5.14. The quantitative estimate of drug-likeness (QED) is 0.421. The van der Waals surface area contributed by atoms with Gasteiger partial charge in [0.1, 0.15) is 12.2 Å². The molecule has 2 saturated heterocycles. The standard InChI is InChI=1S/C6H8O2/c1-2-4-6(8-4)5-3(1)7-5/h3-6H,1-2H2/t3-,4-,5-,6+/m0/s1. The van der Waals surface area contributed by atoms with Crippen molar-refractivity contribution in [3.63, 3.8) is 0 Å². The Balaban J connectivity index is 1.89. The normalized spacial score (nSPS) is 66.0. The van der Waals surface area contributed by atoms with Crippen molar-refractivity contribution in [3.05, 3.63) is 0 Å². The number of hydrogen-bond donors (Lipinski definition) is 0. The molecule has 2 heterocycles. The summed E-state index contributed by atoms with van der Waals surface area (Å²) in [5.74, 6) is 0. The van der Waals surface area contributed by atoms with Gasteiger partial charge in [0.25, 0.3) is 0 Å². The molecule has 0 unspecified atom stereocenters. The highest BCUT2D eigenvalue weighted by Gasteiger charge is 2.60. The maximum atomic E-state index is 5.31. The molecule has 0 aromatic rings. The van der Waals surface area contributed by atoms with Crippen molar-refractivity contribution in [2.75, 3.05) is 0 Å². The Morgan fingerprint density at radius 2 is 1.38 bits per heavy atom. The molecule has 0 aromatic heterocycles. The molecule has 0 radical (unpaired) electrons. The van der Waals surface area contributed by atoms with Gasteiger partial charge in [-0.05, 0) is 12.8 Å². The summed E-state index contributed by atoms with van der Waals surface area (Å²) < 4.78 is 10.6. The van der Waals surface area contributed by atoms with Crippen molar-refractivity contribution in [1.29, 1.82) is 0 Å². The molecule has 0 amide bonds. The molecule has 8 heavy (non-hydrogen) atoms. The van der Waals surface area contributed by atoms with Crippen LogP contribution in [0.5, 0.6) is 0 Å². The van der Waals surface area contributed by atoms with Gasteiger partial charge in [-0.15, -0.1) is 0 Å². The van der Waals surface area contributed by atoms with Crippen LogP contribution < -0.4 is 0 Å². The zero-order valence-electron chi connectivity index (χ0n) is 4.54. The van der Waals surface area contributed by atoms with Gasteiger partial charge in [0.2, 0.25) is 0 Å². The molecule has 0 spiro atoms. The van der Waals surface area contributed by atoms with E-state index in [1.807, 2.05) is 0 Å². The van der Waals surface area contributed by atoms with Gasteiger partial charge >= 0.3 is 0 Å². The lowest BCUT2D eigenvalue weighted by atomic mass is 10.0. The van der Waals surface area contributed by atoms with E-state index in [4.69, 9.17) is 9.47 Å². The third-order valence-electron chi connectivity index (χ3n) is 2.30.